The van der Waals surface area contributed by atoms with E-state index in [9.17, 15) is 4.79 Å². The van der Waals surface area contributed by atoms with Gasteiger partial charge in [0.25, 0.3) is 0 Å². The summed E-state index contributed by atoms with van der Waals surface area (Å²) in [6.07, 6.45) is 12.9. The van der Waals surface area contributed by atoms with E-state index >= 15 is 0 Å². The molecule has 0 atom stereocenters. The summed E-state index contributed by atoms with van der Waals surface area (Å²) >= 11 is 1.45. The number of aldehydes is 1. The van der Waals surface area contributed by atoms with Crippen LogP contribution in [0.3, 0.4) is 0 Å². The lowest BCUT2D eigenvalue weighted by atomic mass is 9.85. The number of thiophene rings is 1. The van der Waals surface area contributed by atoms with Gasteiger partial charge in [0, 0.05) is 23.8 Å². The fraction of sp³-hybridized carbons (Fsp3) is 0.571. The molecular formula is C21H32N4OS. The zero-order valence-corrected chi connectivity index (χ0v) is 17.3. The Morgan fingerprint density at radius 3 is 2.67 bits per heavy atom. The largest absolute Gasteiger partial charge is 0.390 e. The SMILES string of the molecule is CCCC(CCC)N=CN.O=Cc1cc2c(NCC3CCC3)ccnc2s1. The second-order valence-electron chi connectivity index (χ2n) is 7.05. The van der Waals surface area contributed by atoms with Crippen LogP contribution in [0.5, 0.6) is 0 Å². The highest BCUT2D eigenvalue weighted by atomic mass is 32.1. The number of pyridine rings is 1. The van der Waals surface area contributed by atoms with Gasteiger partial charge in [0.2, 0.25) is 0 Å². The maximum Gasteiger partial charge on any atom is 0.160 e. The van der Waals surface area contributed by atoms with Crippen LogP contribution in [0, 0.1) is 5.92 Å². The molecule has 3 rings (SSSR count). The van der Waals surface area contributed by atoms with E-state index in [0.29, 0.717) is 6.04 Å². The first kappa shape index (κ1) is 21.4. The lowest BCUT2D eigenvalue weighted by Crippen LogP contribution is -2.20. The van der Waals surface area contributed by atoms with Crippen LogP contribution >= 0.6 is 11.3 Å². The van der Waals surface area contributed by atoms with Gasteiger partial charge in [-0.3, -0.25) is 9.79 Å². The van der Waals surface area contributed by atoms with Gasteiger partial charge in [-0.2, -0.15) is 0 Å². The van der Waals surface area contributed by atoms with Crippen LogP contribution in [0.25, 0.3) is 10.2 Å². The molecular weight excluding hydrogens is 356 g/mol. The Balaban J connectivity index is 0.000000227. The van der Waals surface area contributed by atoms with E-state index in [-0.39, 0.29) is 0 Å². The maximum absolute atomic E-state index is 10.8. The molecule has 0 radical (unpaired) electrons. The molecule has 0 bridgehead atoms. The van der Waals surface area contributed by atoms with Crippen molar-refractivity contribution >= 4 is 39.9 Å². The number of aromatic nitrogens is 1. The normalized spacial score (nSPS) is 14.2. The Labute approximate surface area is 166 Å². The van der Waals surface area contributed by atoms with Crippen molar-refractivity contribution in [1.29, 1.82) is 0 Å². The van der Waals surface area contributed by atoms with E-state index in [1.807, 2.05) is 12.1 Å². The number of hydrogen-bond donors (Lipinski definition) is 2. The van der Waals surface area contributed by atoms with Crippen molar-refractivity contribution in [3.63, 3.8) is 0 Å². The molecule has 1 aliphatic rings. The van der Waals surface area contributed by atoms with Crippen LogP contribution in [0.1, 0.15) is 68.5 Å². The molecule has 1 fully saturated rings. The number of fused-ring (bicyclic) bond motifs is 1. The monoisotopic (exact) mass is 388 g/mol. The zero-order chi connectivity index (χ0) is 19.5. The van der Waals surface area contributed by atoms with Crippen molar-refractivity contribution in [2.24, 2.45) is 16.6 Å². The van der Waals surface area contributed by atoms with Gasteiger partial charge in [-0.15, -0.1) is 11.3 Å². The van der Waals surface area contributed by atoms with Crippen LogP contribution in [0.15, 0.2) is 23.3 Å². The topological polar surface area (TPSA) is 80.4 Å². The molecule has 0 unspecified atom stereocenters. The minimum absolute atomic E-state index is 0.472. The number of anilines is 1. The summed E-state index contributed by atoms with van der Waals surface area (Å²) in [6, 6.07) is 4.38. The second-order valence-corrected chi connectivity index (χ2v) is 8.11. The highest BCUT2D eigenvalue weighted by molar-refractivity contribution is 7.20. The molecule has 5 nitrogen and oxygen atoms in total. The summed E-state index contributed by atoms with van der Waals surface area (Å²) in [5.74, 6) is 0.822. The van der Waals surface area contributed by atoms with Gasteiger partial charge < -0.3 is 11.1 Å². The number of rotatable bonds is 9. The molecule has 3 N–H and O–H groups in total. The minimum atomic E-state index is 0.472. The lowest BCUT2D eigenvalue weighted by molar-refractivity contribution is 0.112. The number of nitrogens with two attached hydrogens (primary N) is 1. The Kier molecular flexibility index (Phi) is 9.25. The van der Waals surface area contributed by atoms with Crippen LogP contribution in [-0.2, 0) is 0 Å². The molecule has 0 aromatic carbocycles. The number of carbonyl (C=O) groups is 1. The first-order valence-corrected chi connectivity index (χ1v) is 10.8. The highest BCUT2D eigenvalue weighted by Crippen LogP contribution is 2.31. The molecule has 0 spiro atoms. The van der Waals surface area contributed by atoms with Crippen LogP contribution in [0.2, 0.25) is 0 Å². The molecule has 2 aromatic rings. The predicted octanol–water partition coefficient (Wildman–Crippen LogP) is 5.26. The molecule has 0 amide bonds. The minimum Gasteiger partial charge on any atom is -0.390 e. The van der Waals surface area contributed by atoms with E-state index in [1.54, 1.807) is 6.20 Å². The quantitative estimate of drug-likeness (QED) is 0.349. The Hall–Kier alpha value is -1.95. The first-order valence-electron chi connectivity index (χ1n) is 10.0. The molecule has 0 saturated heterocycles. The number of hydrogen-bond acceptors (Lipinski definition) is 5. The summed E-state index contributed by atoms with van der Waals surface area (Å²) in [7, 11) is 0. The first-order chi connectivity index (χ1) is 13.2. The average Bonchev–Trinajstić information content (AvgIpc) is 3.06. The van der Waals surface area contributed by atoms with Crippen molar-refractivity contribution in [1.82, 2.24) is 4.98 Å². The third-order valence-corrected chi connectivity index (χ3v) is 5.89. The smallest absolute Gasteiger partial charge is 0.160 e. The van der Waals surface area contributed by atoms with Gasteiger partial charge >= 0.3 is 0 Å². The average molecular weight is 389 g/mol. The van der Waals surface area contributed by atoms with Gasteiger partial charge in [-0.1, -0.05) is 33.1 Å². The van der Waals surface area contributed by atoms with E-state index in [2.05, 4.69) is 29.1 Å². The van der Waals surface area contributed by atoms with Crippen molar-refractivity contribution in [2.75, 3.05) is 11.9 Å². The summed E-state index contributed by atoms with van der Waals surface area (Å²) in [6.45, 7) is 5.38. The van der Waals surface area contributed by atoms with E-state index < -0.39 is 0 Å². The fourth-order valence-corrected chi connectivity index (χ4v) is 4.04. The van der Waals surface area contributed by atoms with Crippen molar-refractivity contribution in [3.05, 3.63) is 23.2 Å². The van der Waals surface area contributed by atoms with Gasteiger partial charge in [0.05, 0.1) is 17.3 Å². The number of aliphatic imine (C=N–C) groups is 1. The molecule has 6 heteroatoms. The van der Waals surface area contributed by atoms with Gasteiger partial charge in [-0.25, -0.2) is 4.98 Å². The zero-order valence-electron chi connectivity index (χ0n) is 16.5. The van der Waals surface area contributed by atoms with Crippen molar-refractivity contribution in [2.45, 2.75) is 64.8 Å². The lowest BCUT2D eigenvalue weighted by Gasteiger charge is -2.25. The second kappa shape index (κ2) is 11.7. The van der Waals surface area contributed by atoms with Crippen LogP contribution < -0.4 is 11.1 Å². The summed E-state index contributed by atoms with van der Waals surface area (Å²) in [5.41, 5.74) is 6.30. The fourth-order valence-electron chi connectivity index (χ4n) is 3.20. The number of nitrogens with zero attached hydrogens (tertiary/aromatic N) is 2. The van der Waals surface area contributed by atoms with Gasteiger partial charge in [0.15, 0.2) is 6.29 Å². The number of carbonyl (C=O) groups excluding carboxylic acids is 1. The highest BCUT2D eigenvalue weighted by Gasteiger charge is 2.17. The van der Waals surface area contributed by atoms with E-state index in [4.69, 9.17) is 5.73 Å². The van der Waals surface area contributed by atoms with Gasteiger partial charge in [0.1, 0.15) is 4.83 Å². The summed E-state index contributed by atoms with van der Waals surface area (Å²) in [4.78, 5) is 20.9. The molecule has 2 heterocycles. The van der Waals surface area contributed by atoms with Crippen molar-refractivity contribution in [3.8, 4) is 0 Å². The summed E-state index contributed by atoms with van der Waals surface area (Å²) < 4.78 is 0. The third kappa shape index (κ3) is 6.61. The van der Waals surface area contributed by atoms with Gasteiger partial charge in [-0.05, 0) is 43.7 Å². The van der Waals surface area contributed by atoms with Crippen molar-refractivity contribution < 1.29 is 4.79 Å². The Bertz CT molecular complexity index is 718. The molecule has 1 aliphatic carbocycles. The molecule has 0 aliphatic heterocycles. The van der Waals surface area contributed by atoms with Crippen LogP contribution in [-0.4, -0.2) is 30.2 Å². The molecule has 2 aromatic heterocycles. The van der Waals surface area contributed by atoms with E-state index in [1.165, 1.54) is 62.6 Å². The van der Waals surface area contributed by atoms with Crippen LogP contribution in [0.4, 0.5) is 5.69 Å². The maximum atomic E-state index is 10.8. The van der Waals surface area contributed by atoms with E-state index in [0.717, 1.165) is 39.5 Å². The molecule has 27 heavy (non-hydrogen) atoms. The summed E-state index contributed by atoms with van der Waals surface area (Å²) in [5, 5.41) is 4.55. The number of nitrogens with one attached hydrogen (secondary N) is 1. The third-order valence-electron chi connectivity index (χ3n) is 4.92. The predicted molar refractivity (Wildman–Crippen MR) is 117 cm³/mol. The molecule has 148 valence electrons. The Morgan fingerprint density at radius 1 is 1.37 bits per heavy atom. The Morgan fingerprint density at radius 2 is 2.11 bits per heavy atom. The molecule has 1 saturated carbocycles. The standard InChI is InChI=1S/C13H14N2OS.C8H18N2/c16-8-10-6-11-12(4-5-14-13(11)17-10)15-7-9-2-1-3-9;1-3-5-8(6-4-2)10-7-9/h4-6,8-9H,1-3,7H2,(H,14,15);7-8H,3-6H2,1-2H3,(H2,9,10).